The van der Waals surface area contributed by atoms with Crippen LogP contribution in [-0.2, 0) is 0 Å². The van der Waals surface area contributed by atoms with Crippen molar-refractivity contribution in [1.82, 2.24) is 15.1 Å². The maximum absolute atomic E-state index is 12.2. The number of non-ortho nitro benzene ring substituents is 1. The molecule has 0 saturated carbocycles. The van der Waals surface area contributed by atoms with E-state index in [0.29, 0.717) is 12.2 Å². The summed E-state index contributed by atoms with van der Waals surface area (Å²) in [4.78, 5) is 22.6. The van der Waals surface area contributed by atoms with Crippen LogP contribution < -0.4 is 11.1 Å². The first-order valence-corrected chi connectivity index (χ1v) is 7.86. The van der Waals surface area contributed by atoms with Gasteiger partial charge in [0.25, 0.3) is 11.6 Å². The summed E-state index contributed by atoms with van der Waals surface area (Å²) in [5.74, 6) is -0.300. The first-order chi connectivity index (χ1) is 11.5. The van der Waals surface area contributed by atoms with Gasteiger partial charge in [-0.25, -0.2) is 4.68 Å². The van der Waals surface area contributed by atoms with Crippen molar-refractivity contribution < 1.29 is 9.72 Å². The van der Waals surface area contributed by atoms with Crippen molar-refractivity contribution in [3.63, 3.8) is 0 Å². The molecule has 1 aromatic carbocycles. The topological polar surface area (TPSA) is 116 Å². The van der Waals surface area contributed by atoms with Crippen molar-refractivity contribution in [1.29, 1.82) is 0 Å². The van der Waals surface area contributed by atoms with E-state index in [2.05, 4.69) is 17.3 Å². The number of carbonyl (C=O) groups is 1. The quantitative estimate of drug-likeness (QED) is 0.567. The van der Waals surface area contributed by atoms with Gasteiger partial charge in [0.1, 0.15) is 0 Å². The highest BCUT2D eigenvalue weighted by Gasteiger charge is 2.15. The molecule has 0 aliphatic heterocycles. The first kappa shape index (κ1) is 17.6. The second-order valence-corrected chi connectivity index (χ2v) is 5.47. The Morgan fingerprint density at radius 3 is 2.92 bits per heavy atom. The van der Waals surface area contributed by atoms with Crippen LogP contribution >= 0.6 is 0 Å². The Balaban J connectivity index is 2.11. The van der Waals surface area contributed by atoms with E-state index in [-0.39, 0.29) is 23.3 Å². The maximum Gasteiger partial charge on any atom is 0.272 e. The Bertz CT molecular complexity index is 713. The van der Waals surface area contributed by atoms with Crippen LogP contribution in [0.3, 0.4) is 0 Å². The third kappa shape index (κ3) is 4.39. The third-order valence-corrected chi connectivity index (χ3v) is 3.65. The van der Waals surface area contributed by atoms with E-state index in [9.17, 15) is 14.9 Å². The lowest BCUT2D eigenvalue weighted by atomic mass is 10.1. The molecule has 0 aliphatic carbocycles. The highest BCUT2D eigenvalue weighted by atomic mass is 16.6. The molecule has 2 rings (SSSR count). The number of nitrogens with one attached hydrogen (secondary N) is 1. The summed E-state index contributed by atoms with van der Waals surface area (Å²) in [6, 6.07) is 7.55. The van der Waals surface area contributed by atoms with E-state index in [0.717, 1.165) is 19.3 Å². The zero-order chi connectivity index (χ0) is 17.5. The molecule has 8 nitrogen and oxygen atoms in total. The fraction of sp³-hybridized carbons (Fsp3) is 0.375. The highest BCUT2D eigenvalue weighted by Crippen LogP contribution is 2.16. The van der Waals surface area contributed by atoms with Gasteiger partial charge in [-0.15, -0.1) is 0 Å². The average Bonchev–Trinajstić information content (AvgIpc) is 3.08. The molecule has 0 aliphatic rings. The van der Waals surface area contributed by atoms with Gasteiger partial charge in [-0.1, -0.05) is 25.8 Å². The van der Waals surface area contributed by atoms with Gasteiger partial charge in [0.15, 0.2) is 5.69 Å². The van der Waals surface area contributed by atoms with Gasteiger partial charge in [0.05, 0.1) is 10.6 Å². The van der Waals surface area contributed by atoms with E-state index in [1.807, 2.05) is 0 Å². The van der Waals surface area contributed by atoms with E-state index in [4.69, 9.17) is 5.73 Å². The Kier molecular flexibility index (Phi) is 6.02. The zero-order valence-electron chi connectivity index (χ0n) is 13.5. The first-order valence-electron chi connectivity index (χ1n) is 7.86. The molecule has 1 aromatic heterocycles. The molecule has 1 heterocycles. The molecule has 8 heteroatoms. The summed E-state index contributed by atoms with van der Waals surface area (Å²) in [7, 11) is 0. The van der Waals surface area contributed by atoms with Crippen molar-refractivity contribution in [2.75, 3.05) is 6.54 Å². The summed E-state index contributed by atoms with van der Waals surface area (Å²) in [6.07, 6.45) is 4.44. The second-order valence-electron chi connectivity index (χ2n) is 5.47. The van der Waals surface area contributed by atoms with E-state index >= 15 is 0 Å². The number of nitro groups is 1. The predicted octanol–water partition coefficient (Wildman–Crippen LogP) is 2.03. The molecule has 0 radical (unpaired) electrons. The third-order valence-electron chi connectivity index (χ3n) is 3.65. The number of nitrogens with two attached hydrogens (primary N) is 1. The Morgan fingerprint density at radius 2 is 2.25 bits per heavy atom. The molecule has 1 atom stereocenters. The molecule has 0 spiro atoms. The van der Waals surface area contributed by atoms with Crippen LogP contribution in [0.25, 0.3) is 5.69 Å². The summed E-state index contributed by atoms with van der Waals surface area (Å²) in [6.45, 7) is 2.45. The van der Waals surface area contributed by atoms with Crippen molar-refractivity contribution in [3.8, 4) is 5.69 Å². The summed E-state index contributed by atoms with van der Waals surface area (Å²) >= 11 is 0. The van der Waals surface area contributed by atoms with Crippen LogP contribution in [0.1, 0.15) is 36.7 Å². The highest BCUT2D eigenvalue weighted by molar-refractivity contribution is 5.92. The molecule has 3 N–H and O–H groups in total. The molecule has 0 saturated heterocycles. The van der Waals surface area contributed by atoms with E-state index < -0.39 is 4.92 Å². The molecule has 2 aromatic rings. The molecule has 1 unspecified atom stereocenters. The minimum Gasteiger partial charge on any atom is -0.347 e. The maximum atomic E-state index is 12.2. The smallest absolute Gasteiger partial charge is 0.272 e. The largest absolute Gasteiger partial charge is 0.347 e. The van der Waals surface area contributed by atoms with Crippen LogP contribution in [0.15, 0.2) is 36.5 Å². The number of hydrogen-bond acceptors (Lipinski definition) is 5. The van der Waals surface area contributed by atoms with Crippen molar-refractivity contribution in [2.24, 2.45) is 5.73 Å². The van der Waals surface area contributed by atoms with Crippen molar-refractivity contribution in [2.45, 2.75) is 32.2 Å². The number of unbranched alkanes of at least 4 members (excludes halogenated alkanes) is 1. The minimum atomic E-state index is -0.472. The number of hydrogen-bond donors (Lipinski definition) is 2. The summed E-state index contributed by atoms with van der Waals surface area (Å²) in [5, 5.41) is 17.9. The number of amides is 1. The average molecular weight is 331 g/mol. The number of rotatable bonds is 8. The molecule has 128 valence electrons. The van der Waals surface area contributed by atoms with Gasteiger partial charge in [-0.2, -0.15) is 5.10 Å². The molecular formula is C16H21N5O3. The minimum absolute atomic E-state index is 0.0308. The molecule has 1 amide bonds. The van der Waals surface area contributed by atoms with Gasteiger partial charge < -0.3 is 11.1 Å². The lowest BCUT2D eigenvalue weighted by molar-refractivity contribution is -0.384. The monoisotopic (exact) mass is 331 g/mol. The predicted molar refractivity (Wildman–Crippen MR) is 90.1 cm³/mol. The summed E-state index contributed by atoms with van der Waals surface area (Å²) < 4.78 is 1.44. The van der Waals surface area contributed by atoms with Crippen LogP contribution in [0.4, 0.5) is 5.69 Å². The molecule has 24 heavy (non-hydrogen) atoms. The van der Waals surface area contributed by atoms with Crippen molar-refractivity contribution in [3.05, 3.63) is 52.3 Å². The number of benzene rings is 1. The summed E-state index contributed by atoms with van der Waals surface area (Å²) in [5.41, 5.74) is 6.41. The lowest BCUT2D eigenvalue weighted by Gasteiger charge is -2.15. The zero-order valence-corrected chi connectivity index (χ0v) is 13.5. The Labute approximate surface area is 139 Å². The fourth-order valence-corrected chi connectivity index (χ4v) is 2.30. The van der Waals surface area contributed by atoms with Gasteiger partial charge in [0, 0.05) is 30.9 Å². The van der Waals surface area contributed by atoms with Crippen LogP contribution in [-0.4, -0.2) is 33.2 Å². The standard InChI is InChI=1S/C16H21N5O3/c1-2-3-5-12(11-17)18-16(22)15-8-9-20(19-15)13-6-4-7-14(10-13)21(23)24/h4,6-10,12H,2-3,5,11,17H2,1H3,(H,18,22). The number of nitro benzene ring substituents is 1. The molecule has 0 bridgehead atoms. The Morgan fingerprint density at radius 1 is 1.46 bits per heavy atom. The number of nitrogens with zero attached hydrogens (tertiary/aromatic N) is 3. The van der Waals surface area contributed by atoms with E-state index in [1.54, 1.807) is 24.4 Å². The van der Waals surface area contributed by atoms with Gasteiger partial charge in [0.2, 0.25) is 0 Å². The number of aromatic nitrogens is 2. The SMILES string of the molecule is CCCCC(CN)NC(=O)c1ccn(-c2cccc([N+](=O)[O-])c2)n1. The number of carbonyl (C=O) groups excluding carboxylic acids is 1. The van der Waals surface area contributed by atoms with Gasteiger partial charge in [-0.3, -0.25) is 14.9 Å². The lowest BCUT2D eigenvalue weighted by Crippen LogP contribution is -2.40. The van der Waals surface area contributed by atoms with Crippen LogP contribution in [0.2, 0.25) is 0 Å². The van der Waals surface area contributed by atoms with Crippen LogP contribution in [0.5, 0.6) is 0 Å². The fourth-order valence-electron chi connectivity index (χ4n) is 2.30. The normalized spacial score (nSPS) is 11.9. The molecular weight excluding hydrogens is 310 g/mol. The van der Waals surface area contributed by atoms with Crippen molar-refractivity contribution >= 4 is 11.6 Å². The molecule has 0 fully saturated rings. The Hall–Kier alpha value is -2.74. The van der Waals surface area contributed by atoms with E-state index in [1.165, 1.54) is 16.8 Å². The van der Waals surface area contributed by atoms with Crippen LogP contribution in [0, 0.1) is 10.1 Å². The van der Waals surface area contributed by atoms with Gasteiger partial charge in [-0.05, 0) is 18.6 Å². The second kappa shape index (κ2) is 8.21. The van der Waals surface area contributed by atoms with Gasteiger partial charge >= 0.3 is 0 Å².